The largest absolute Gasteiger partial charge is 0.329 e. The Morgan fingerprint density at radius 3 is 2.36 bits per heavy atom. The molecule has 25 heavy (non-hydrogen) atoms. The number of urea groups is 1. The Bertz CT molecular complexity index is 774. The molecule has 3 amide bonds. The minimum atomic E-state index is -0.576. The molecule has 2 aromatic rings. The first kappa shape index (κ1) is 17.9. The number of hydrogen-bond donors (Lipinski definition) is 3. The first-order chi connectivity index (χ1) is 12.0. The number of para-hydroxylation sites is 1. The van der Waals surface area contributed by atoms with Gasteiger partial charge in [-0.15, -0.1) is 0 Å². The molecule has 0 aliphatic rings. The molecule has 0 fully saturated rings. The number of non-ortho nitro benzene ring substituents is 1. The highest BCUT2D eigenvalue weighted by molar-refractivity contribution is 5.97. The highest BCUT2D eigenvalue weighted by atomic mass is 16.6. The summed E-state index contributed by atoms with van der Waals surface area (Å²) in [5.74, 6) is -0.347. The molecule has 0 aliphatic carbocycles. The van der Waals surface area contributed by atoms with E-state index in [0.29, 0.717) is 11.4 Å². The molecule has 0 atom stereocenters. The smallest absolute Gasteiger partial charge is 0.319 e. The molecule has 0 bridgehead atoms. The number of aryl methyl sites for hydroxylation is 1. The monoisotopic (exact) mass is 342 g/mol. The number of nitrogens with zero attached hydrogens (tertiary/aromatic N) is 1. The van der Waals surface area contributed by atoms with E-state index in [1.54, 1.807) is 6.07 Å². The van der Waals surface area contributed by atoms with E-state index >= 15 is 0 Å². The van der Waals surface area contributed by atoms with Gasteiger partial charge in [0.2, 0.25) is 5.91 Å². The molecule has 0 saturated carbocycles. The summed E-state index contributed by atoms with van der Waals surface area (Å²) in [5, 5.41) is 18.2. The summed E-state index contributed by atoms with van der Waals surface area (Å²) in [4.78, 5) is 33.7. The summed E-state index contributed by atoms with van der Waals surface area (Å²) in [5.41, 5.74) is 2.04. The van der Waals surface area contributed by atoms with Crippen LogP contribution in [0.1, 0.15) is 12.5 Å². The quantitative estimate of drug-likeness (QED) is 0.553. The number of anilines is 2. The van der Waals surface area contributed by atoms with Gasteiger partial charge in [0.25, 0.3) is 5.69 Å². The van der Waals surface area contributed by atoms with Crippen molar-refractivity contribution in [1.29, 1.82) is 0 Å². The maximum absolute atomic E-state index is 11.9. The van der Waals surface area contributed by atoms with Crippen LogP contribution in [0.2, 0.25) is 0 Å². The number of amides is 3. The fourth-order valence-corrected chi connectivity index (χ4v) is 2.15. The second-order valence-corrected chi connectivity index (χ2v) is 5.17. The standard InChI is InChI=1S/C17H18N4O4/c1-2-12-5-3-4-6-15(12)20-16(22)11-18-17(23)19-13-7-9-14(10-8-13)21(24)25/h3-10H,2,11H2,1H3,(H,20,22)(H2,18,19,23). The van der Waals surface area contributed by atoms with Gasteiger partial charge in [0.05, 0.1) is 11.5 Å². The van der Waals surface area contributed by atoms with Gasteiger partial charge in [0.15, 0.2) is 0 Å². The summed E-state index contributed by atoms with van der Waals surface area (Å²) >= 11 is 0. The van der Waals surface area contributed by atoms with Gasteiger partial charge in [-0.1, -0.05) is 25.1 Å². The Morgan fingerprint density at radius 2 is 1.72 bits per heavy atom. The first-order valence-corrected chi connectivity index (χ1v) is 7.66. The predicted octanol–water partition coefficient (Wildman–Crippen LogP) is 2.92. The van der Waals surface area contributed by atoms with E-state index < -0.39 is 11.0 Å². The lowest BCUT2D eigenvalue weighted by atomic mass is 10.1. The van der Waals surface area contributed by atoms with E-state index in [4.69, 9.17) is 0 Å². The van der Waals surface area contributed by atoms with Crippen LogP contribution in [-0.2, 0) is 11.2 Å². The van der Waals surface area contributed by atoms with E-state index in [2.05, 4.69) is 16.0 Å². The molecule has 130 valence electrons. The summed E-state index contributed by atoms with van der Waals surface area (Å²) in [6, 6.07) is 12.2. The molecule has 0 heterocycles. The lowest BCUT2D eigenvalue weighted by molar-refractivity contribution is -0.384. The van der Waals surface area contributed by atoms with Crippen molar-refractivity contribution >= 4 is 29.0 Å². The number of benzene rings is 2. The Labute approximate surface area is 144 Å². The topological polar surface area (TPSA) is 113 Å². The van der Waals surface area contributed by atoms with Crippen LogP contribution in [0.3, 0.4) is 0 Å². The van der Waals surface area contributed by atoms with E-state index in [9.17, 15) is 19.7 Å². The lowest BCUT2D eigenvalue weighted by Gasteiger charge is -2.11. The minimum Gasteiger partial charge on any atom is -0.329 e. The van der Waals surface area contributed by atoms with E-state index in [-0.39, 0.29) is 18.1 Å². The average Bonchev–Trinajstić information content (AvgIpc) is 2.61. The normalized spacial score (nSPS) is 9.96. The van der Waals surface area contributed by atoms with Gasteiger partial charge in [0, 0.05) is 23.5 Å². The zero-order chi connectivity index (χ0) is 18.2. The van der Waals surface area contributed by atoms with Crippen molar-refractivity contribution in [2.24, 2.45) is 0 Å². The van der Waals surface area contributed by atoms with E-state index in [1.165, 1.54) is 24.3 Å². The van der Waals surface area contributed by atoms with Crippen LogP contribution in [0.5, 0.6) is 0 Å². The van der Waals surface area contributed by atoms with Crippen molar-refractivity contribution in [1.82, 2.24) is 5.32 Å². The molecule has 0 unspecified atom stereocenters. The van der Waals surface area contributed by atoms with Crippen molar-refractivity contribution in [2.75, 3.05) is 17.2 Å². The Balaban J connectivity index is 1.83. The van der Waals surface area contributed by atoms with Crippen LogP contribution in [0.4, 0.5) is 21.9 Å². The van der Waals surface area contributed by atoms with Crippen molar-refractivity contribution in [3.8, 4) is 0 Å². The molecular formula is C17H18N4O4. The SMILES string of the molecule is CCc1ccccc1NC(=O)CNC(=O)Nc1ccc([N+](=O)[O-])cc1. The molecule has 0 aromatic heterocycles. The van der Waals surface area contributed by atoms with Crippen molar-refractivity contribution in [3.63, 3.8) is 0 Å². The highest BCUT2D eigenvalue weighted by Gasteiger charge is 2.09. The highest BCUT2D eigenvalue weighted by Crippen LogP contribution is 2.16. The van der Waals surface area contributed by atoms with Crippen LogP contribution in [-0.4, -0.2) is 23.4 Å². The third kappa shape index (κ3) is 5.31. The van der Waals surface area contributed by atoms with Crippen molar-refractivity contribution in [2.45, 2.75) is 13.3 Å². The molecule has 8 nitrogen and oxygen atoms in total. The number of hydrogen-bond acceptors (Lipinski definition) is 4. The number of rotatable bonds is 6. The molecule has 2 aromatic carbocycles. The van der Waals surface area contributed by atoms with Crippen LogP contribution >= 0.6 is 0 Å². The van der Waals surface area contributed by atoms with Crippen LogP contribution in [0.25, 0.3) is 0 Å². The predicted molar refractivity (Wildman–Crippen MR) is 94.6 cm³/mol. The maximum atomic E-state index is 11.9. The third-order valence-corrected chi connectivity index (χ3v) is 3.42. The fraction of sp³-hybridized carbons (Fsp3) is 0.176. The molecule has 0 saturated heterocycles. The van der Waals surface area contributed by atoms with Crippen molar-refractivity contribution < 1.29 is 14.5 Å². The zero-order valence-corrected chi connectivity index (χ0v) is 13.6. The Kier molecular flexibility index (Phi) is 6.05. The molecule has 0 radical (unpaired) electrons. The molecule has 8 heteroatoms. The van der Waals surface area contributed by atoms with Gasteiger partial charge in [0.1, 0.15) is 0 Å². The Hall–Kier alpha value is -3.42. The number of carbonyl (C=O) groups is 2. The van der Waals surface area contributed by atoms with Gasteiger partial charge in [-0.25, -0.2) is 4.79 Å². The van der Waals surface area contributed by atoms with Gasteiger partial charge in [-0.05, 0) is 30.2 Å². The summed E-state index contributed by atoms with van der Waals surface area (Å²) in [6.45, 7) is 1.79. The van der Waals surface area contributed by atoms with E-state index in [1.807, 2.05) is 25.1 Å². The van der Waals surface area contributed by atoms with Gasteiger partial charge in [-0.3, -0.25) is 14.9 Å². The summed E-state index contributed by atoms with van der Waals surface area (Å²) < 4.78 is 0. The lowest BCUT2D eigenvalue weighted by Crippen LogP contribution is -2.35. The van der Waals surface area contributed by atoms with Crippen molar-refractivity contribution in [3.05, 3.63) is 64.2 Å². The third-order valence-electron chi connectivity index (χ3n) is 3.42. The van der Waals surface area contributed by atoms with Crippen LogP contribution in [0, 0.1) is 10.1 Å². The van der Waals surface area contributed by atoms with Crippen LogP contribution in [0.15, 0.2) is 48.5 Å². The van der Waals surface area contributed by atoms with Gasteiger partial charge >= 0.3 is 6.03 Å². The van der Waals surface area contributed by atoms with Crippen LogP contribution < -0.4 is 16.0 Å². The number of nitrogens with one attached hydrogen (secondary N) is 3. The fourth-order valence-electron chi connectivity index (χ4n) is 2.15. The molecular weight excluding hydrogens is 324 g/mol. The second kappa shape index (κ2) is 8.44. The molecule has 0 aliphatic heterocycles. The molecule has 2 rings (SSSR count). The first-order valence-electron chi connectivity index (χ1n) is 7.66. The van der Waals surface area contributed by atoms with Gasteiger partial charge in [-0.2, -0.15) is 0 Å². The molecule has 3 N–H and O–H groups in total. The second-order valence-electron chi connectivity index (χ2n) is 5.17. The number of nitro benzene ring substituents is 1. The minimum absolute atomic E-state index is 0.0695. The van der Waals surface area contributed by atoms with Gasteiger partial charge < -0.3 is 16.0 Å². The zero-order valence-electron chi connectivity index (χ0n) is 13.6. The average molecular weight is 342 g/mol. The summed E-state index contributed by atoms with van der Waals surface area (Å²) in [7, 11) is 0. The van der Waals surface area contributed by atoms with E-state index in [0.717, 1.165) is 12.0 Å². The maximum Gasteiger partial charge on any atom is 0.319 e. The summed E-state index contributed by atoms with van der Waals surface area (Å²) in [6.07, 6.45) is 0.782. The molecule has 0 spiro atoms. The number of nitro groups is 1. The number of carbonyl (C=O) groups excluding carboxylic acids is 2. The Morgan fingerprint density at radius 1 is 1.04 bits per heavy atom.